The van der Waals surface area contributed by atoms with Gasteiger partial charge in [0.2, 0.25) is 0 Å². The van der Waals surface area contributed by atoms with Crippen molar-refractivity contribution in [3.63, 3.8) is 0 Å². The number of carbonyl (C=O) groups is 2. The summed E-state index contributed by atoms with van der Waals surface area (Å²) in [5.74, 6) is -0.256. The molecule has 1 saturated heterocycles. The molecular formula is C25H20ClFN2O2S. The van der Waals surface area contributed by atoms with Crippen LogP contribution in [0.2, 0.25) is 5.02 Å². The summed E-state index contributed by atoms with van der Waals surface area (Å²) in [7, 11) is 0. The van der Waals surface area contributed by atoms with Crippen molar-refractivity contribution in [3.8, 4) is 0 Å². The van der Waals surface area contributed by atoms with Crippen molar-refractivity contribution in [1.82, 2.24) is 4.90 Å². The predicted molar refractivity (Wildman–Crippen MR) is 125 cm³/mol. The summed E-state index contributed by atoms with van der Waals surface area (Å²) in [6.07, 6.45) is 0. The van der Waals surface area contributed by atoms with Crippen LogP contribution >= 0.6 is 23.4 Å². The highest BCUT2D eigenvalue weighted by Gasteiger charge is 2.59. The van der Waals surface area contributed by atoms with Gasteiger partial charge in [-0.3, -0.25) is 9.59 Å². The number of hydrogen-bond acceptors (Lipinski definition) is 3. The molecule has 162 valence electrons. The molecule has 0 saturated carbocycles. The second-order valence-electron chi connectivity index (χ2n) is 7.99. The van der Waals surface area contributed by atoms with Crippen LogP contribution in [0.1, 0.15) is 27.0 Å². The van der Waals surface area contributed by atoms with E-state index >= 15 is 0 Å². The summed E-state index contributed by atoms with van der Waals surface area (Å²) in [5, 5.41) is 0.509. The van der Waals surface area contributed by atoms with E-state index in [1.165, 1.54) is 36.0 Å². The number of fused-ring (bicyclic) bond motifs is 2. The number of benzene rings is 3. The van der Waals surface area contributed by atoms with Gasteiger partial charge in [0.25, 0.3) is 11.8 Å². The SMILES string of the molecule is Cc1ccc(CN2C(=O)[C@]3(SCCN3C(=O)c3ccc(F)cc3)c3cc(Cl)ccc32)cc1. The van der Waals surface area contributed by atoms with E-state index in [1.807, 2.05) is 37.3 Å². The van der Waals surface area contributed by atoms with Gasteiger partial charge in [-0.25, -0.2) is 4.39 Å². The van der Waals surface area contributed by atoms with Gasteiger partial charge in [-0.1, -0.05) is 41.4 Å². The molecule has 3 aromatic rings. The van der Waals surface area contributed by atoms with Crippen molar-refractivity contribution in [1.29, 1.82) is 0 Å². The minimum absolute atomic E-state index is 0.159. The van der Waals surface area contributed by atoms with E-state index in [4.69, 9.17) is 11.6 Å². The third kappa shape index (κ3) is 3.29. The molecule has 2 heterocycles. The predicted octanol–water partition coefficient (Wildman–Crippen LogP) is 5.38. The zero-order valence-corrected chi connectivity index (χ0v) is 18.9. The molecule has 2 amide bonds. The fourth-order valence-corrected chi connectivity index (χ4v) is 5.99. The molecule has 1 spiro atoms. The Balaban J connectivity index is 1.58. The number of carbonyl (C=O) groups excluding carboxylic acids is 2. The molecule has 2 aliphatic heterocycles. The summed E-state index contributed by atoms with van der Waals surface area (Å²) in [6, 6.07) is 18.9. The van der Waals surface area contributed by atoms with E-state index in [0.29, 0.717) is 29.4 Å². The summed E-state index contributed by atoms with van der Waals surface area (Å²) >= 11 is 7.78. The van der Waals surface area contributed by atoms with E-state index in [1.54, 1.807) is 21.9 Å². The third-order valence-corrected chi connectivity index (χ3v) is 7.61. The van der Waals surface area contributed by atoms with Crippen molar-refractivity contribution in [3.05, 3.63) is 99.8 Å². The summed E-state index contributed by atoms with van der Waals surface area (Å²) in [4.78, 5) is 29.6. The van der Waals surface area contributed by atoms with Gasteiger partial charge < -0.3 is 9.80 Å². The van der Waals surface area contributed by atoms with Crippen molar-refractivity contribution in [2.45, 2.75) is 18.3 Å². The van der Waals surface area contributed by atoms with Crippen molar-refractivity contribution in [2.75, 3.05) is 17.2 Å². The fourth-order valence-electron chi connectivity index (χ4n) is 4.37. The van der Waals surface area contributed by atoms with Gasteiger partial charge in [-0.15, -0.1) is 11.8 Å². The molecule has 1 atom stereocenters. The summed E-state index contributed by atoms with van der Waals surface area (Å²) < 4.78 is 13.4. The Morgan fingerprint density at radius 1 is 1.09 bits per heavy atom. The second kappa shape index (κ2) is 7.94. The zero-order valence-electron chi connectivity index (χ0n) is 17.3. The Morgan fingerprint density at radius 3 is 2.53 bits per heavy atom. The fraction of sp³-hybridized carbons (Fsp3) is 0.200. The van der Waals surface area contributed by atoms with Gasteiger partial charge in [0.05, 0.1) is 12.2 Å². The Morgan fingerprint density at radius 2 is 1.81 bits per heavy atom. The highest BCUT2D eigenvalue weighted by molar-refractivity contribution is 8.01. The smallest absolute Gasteiger partial charge is 0.268 e. The molecule has 0 N–H and O–H groups in total. The van der Waals surface area contributed by atoms with Crippen LogP contribution in [0.5, 0.6) is 0 Å². The average Bonchev–Trinajstić information content (AvgIpc) is 3.32. The van der Waals surface area contributed by atoms with E-state index < -0.39 is 10.7 Å². The summed E-state index contributed by atoms with van der Waals surface area (Å²) in [6.45, 7) is 2.83. The Labute approximate surface area is 195 Å². The van der Waals surface area contributed by atoms with Crippen molar-refractivity contribution >= 4 is 40.9 Å². The maximum absolute atomic E-state index is 14.0. The molecule has 7 heteroatoms. The molecule has 1 fully saturated rings. The van der Waals surface area contributed by atoms with Crippen LogP contribution in [0.15, 0.2) is 66.7 Å². The van der Waals surface area contributed by atoms with Crippen LogP contribution in [-0.2, 0) is 16.2 Å². The standard InChI is InChI=1S/C25H20ClFN2O2S/c1-16-2-4-17(5-3-16)15-28-22-11-8-19(26)14-21(22)25(24(28)31)29(12-13-32-25)23(30)18-6-9-20(27)10-7-18/h2-11,14H,12-13,15H2,1H3/t25-/m1/s1. The van der Waals surface area contributed by atoms with Gasteiger partial charge in [0.15, 0.2) is 4.87 Å². The molecule has 3 aromatic carbocycles. The first-order valence-electron chi connectivity index (χ1n) is 10.3. The van der Waals surface area contributed by atoms with Crippen molar-refractivity contribution < 1.29 is 14.0 Å². The number of hydrogen-bond donors (Lipinski definition) is 0. The van der Waals surface area contributed by atoms with Crippen LogP contribution in [0.4, 0.5) is 10.1 Å². The Bertz CT molecular complexity index is 1220. The largest absolute Gasteiger partial charge is 0.311 e. The lowest BCUT2D eigenvalue weighted by Gasteiger charge is -2.33. The molecule has 0 unspecified atom stereocenters. The van der Waals surface area contributed by atoms with Gasteiger partial charge in [0, 0.05) is 28.4 Å². The van der Waals surface area contributed by atoms with E-state index in [9.17, 15) is 14.0 Å². The monoisotopic (exact) mass is 466 g/mol. The van der Waals surface area contributed by atoms with Crippen LogP contribution < -0.4 is 4.90 Å². The molecule has 32 heavy (non-hydrogen) atoms. The number of rotatable bonds is 3. The first-order valence-corrected chi connectivity index (χ1v) is 11.7. The number of anilines is 1. The maximum atomic E-state index is 14.0. The highest BCUT2D eigenvalue weighted by Crippen LogP contribution is 2.55. The number of nitrogens with zero attached hydrogens (tertiary/aromatic N) is 2. The molecule has 0 aliphatic carbocycles. The molecule has 0 radical (unpaired) electrons. The lowest BCUT2D eigenvalue weighted by Crippen LogP contribution is -2.50. The number of aryl methyl sites for hydroxylation is 1. The first kappa shape index (κ1) is 21.0. The maximum Gasteiger partial charge on any atom is 0.268 e. The lowest BCUT2D eigenvalue weighted by molar-refractivity contribution is -0.123. The average molecular weight is 467 g/mol. The van der Waals surface area contributed by atoms with Crippen LogP contribution in [0.25, 0.3) is 0 Å². The van der Waals surface area contributed by atoms with E-state index in [-0.39, 0.29) is 11.8 Å². The number of amides is 2. The minimum Gasteiger partial charge on any atom is -0.311 e. The van der Waals surface area contributed by atoms with Gasteiger partial charge in [-0.2, -0.15) is 0 Å². The molecule has 0 aromatic heterocycles. The number of halogens is 2. The molecule has 0 bridgehead atoms. The second-order valence-corrected chi connectivity index (χ2v) is 9.72. The van der Waals surface area contributed by atoms with E-state index in [2.05, 4.69) is 0 Å². The first-order chi connectivity index (χ1) is 15.4. The van der Waals surface area contributed by atoms with Crippen molar-refractivity contribution in [2.24, 2.45) is 0 Å². The summed E-state index contributed by atoms with van der Waals surface area (Å²) in [5.41, 5.74) is 3.97. The Hall–Kier alpha value is -2.83. The topological polar surface area (TPSA) is 40.6 Å². The molecule has 2 aliphatic rings. The van der Waals surface area contributed by atoms with Crippen LogP contribution in [0.3, 0.4) is 0 Å². The normalized spacial score (nSPS) is 19.7. The molecule has 4 nitrogen and oxygen atoms in total. The van der Waals surface area contributed by atoms with Crippen LogP contribution in [-0.4, -0.2) is 29.0 Å². The third-order valence-electron chi connectivity index (χ3n) is 5.95. The molecular weight excluding hydrogens is 447 g/mol. The zero-order chi connectivity index (χ0) is 22.5. The lowest BCUT2D eigenvalue weighted by atomic mass is 10.0. The van der Waals surface area contributed by atoms with Crippen LogP contribution in [0, 0.1) is 12.7 Å². The van der Waals surface area contributed by atoms with Gasteiger partial charge in [-0.05, 0) is 55.0 Å². The molecule has 5 rings (SSSR count). The number of thioether (sulfide) groups is 1. The minimum atomic E-state index is -1.18. The van der Waals surface area contributed by atoms with Gasteiger partial charge in [0.1, 0.15) is 5.82 Å². The quantitative estimate of drug-likeness (QED) is 0.520. The highest BCUT2D eigenvalue weighted by atomic mass is 35.5. The van der Waals surface area contributed by atoms with E-state index in [0.717, 1.165) is 22.4 Å². The van der Waals surface area contributed by atoms with Gasteiger partial charge >= 0.3 is 0 Å². The Kier molecular flexibility index (Phi) is 5.22.